The SMILES string of the molecule is COc1cccc(C(=O)OC[C@@H](C)[C@H]2CC[C@H]3[C@@H](O)CCC[C@]23C)c1. The fourth-order valence-electron chi connectivity index (χ4n) is 5.28. The number of hydrogen-bond acceptors (Lipinski definition) is 4. The summed E-state index contributed by atoms with van der Waals surface area (Å²) >= 11 is 0. The van der Waals surface area contributed by atoms with Gasteiger partial charge in [0.05, 0.1) is 25.4 Å². The molecule has 4 heteroatoms. The number of benzene rings is 1. The van der Waals surface area contributed by atoms with Crippen molar-refractivity contribution in [3.05, 3.63) is 29.8 Å². The lowest BCUT2D eigenvalue weighted by Gasteiger charge is -2.45. The van der Waals surface area contributed by atoms with E-state index in [0.717, 1.165) is 25.7 Å². The second kappa shape index (κ2) is 7.36. The van der Waals surface area contributed by atoms with E-state index in [0.29, 0.717) is 35.7 Å². The number of carbonyl (C=O) groups excluding carboxylic acids is 1. The van der Waals surface area contributed by atoms with Gasteiger partial charge >= 0.3 is 5.97 Å². The summed E-state index contributed by atoms with van der Waals surface area (Å²) in [6, 6.07) is 7.06. The summed E-state index contributed by atoms with van der Waals surface area (Å²) in [7, 11) is 1.59. The van der Waals surface area contributed by atoms with Gasteiger partial charge in [-0.1, -0.05) is 26.3 Å². The lowest BCUT2D eigenvalue weighted by atomic mass is 9.62. The minimum atomic E-state index is -0.297. The molecule has 0 unspecified atom stereocenters. The Balaban J connectivity index is 1.60. The molecule has 5 atom stereocenters. The smallest absolute Gasteiger partial charge is 0.338 e. The molecule has 4 nitrogen and oxygen atoms in total. The number of aliphatic hydroxyl groups excluding tert-OH is 1. The topological polar surface area (TPSA) is 55.8 Å². The van der Waals surface area contributed by atoms with Gasteiger partial charge in [0.25, 0.3) is 0 Å². The number of hydrogen-bond donors (Lipinski definition) is 1. The molecule has 1 aromatic rings. The fourth-order valence-corrected chi connectivity index (χ4v) is 5.28. The Morgan fingerprint density at radius 3 is 2.92 bits per heavy atom. The van der Waals surface area contributed by atoms with Crippen molar-refractivity contribution in [3.8, 4) is 5.75 Å². The Bertz CT molecular complexity index is 614. The average molecular weight is 346 g/mol. The molecule has 2 aliphatic carbocycles. The molecule has 138 valence electrons. The van der Waals surface area contributed by atoms with Crippen LogP contribution in [0.1, 0.15) is 56.3 Å². The summed E-state index contributed by atoms with van der Waals surface area (Å²) in [5.74, 6) is 1.57. The van der Waals surface area contributed by atoms with E-state index in [2.05, 4.69) is 13.8 Å². The predicted molar refractivity (Wildman–Crippen MR) is 96.6 cm³/mol. The normalized spacial score (nSPS) is 32.7. The first-order valence-corrected chi connectivity index (χ1v) is 9.45. The van der Waals surface area contributed by atoms with Gasteiger partial charge in [-0.3, -0.25) is 0 Å². The lowest BCUT2D eigenvalue weighted by Crippen LogP contribution is -2.42. The Morgan fingerprint density at radius 2 is 2.16 bits per heavy atom. The zero-order chi connectivity index (χ0) is 18.0. The van der Waals surface area contributed by atoms with Crippen LogP contribution in [-0.2, 0) is 4.74 Å². The molecular formula is C21H30O4. The van der Waals surface area contributed by atoms with E-state index >= 15 is 0 Å². The molecule has 0 aliphatic heterocycles. The summed E-state index contributed by atoms with van der Waals surface area (Å²) in [6.07, 6.45) is 5.27. The van der Waals surface area contributed by atoms with Crippen LogP contribution in [0.4, 0.5) is 0 Å². The van der Waals surface area contributed by atoms with E-state index in [-0.39, 0.29) is 17.5 Å². The van der Waals surface area contributed by atoms with E-state index in [1.165, 1.54) is 6.42 Å². The Morgan fingerprint density at radius 1 is 1.36 bits per heavy atom. The summed E-state index contributed by atoms with van der Waals surface area (Å²) in [4.78, 5) is 12.3. The number of methoxy groups -OCH3 is 1. The number of rotatable bonds is 5. The second-order valence-electron chi connectivity index (χ2n) is 8.06. The first kappa shape index (κ1) is 18.2. The van der Waals surface area contributed by atoms with E-state index in [4.69, 9.17) is 9.47 Å². The molecule has 3 rings (SSSR count). The van der Waals surface area contributed by atoms with Gasteiger partial charge < -0.3 is 14.6 Å². The van der Waals surface area contributed by atoms with Gasteiger partial charge in [0.2, 0.25) is 0 Å². The Kier molecular flexibility index (Phi) is 5.38. The lowest BCUT2D eigenvalue weighted by molar-refractivity contribution is -0.0346. The third kappa shape index (κ3) is 3.55. The van der Waals surface area contributed by atoms with Gasteiger partial charge in [0, 0.05) is 0 Å². The molecule has 25 heavy (non-hydrogen) atoms. The minimum absolute atomic E-state index is 0.157. The summed E-state index contributed by atoms with van der Waals surface area (Å²) in [6.45, 7) is 4.94. The van der Waals surface area contributed by atoms with Gasteiger partial charge in [-0.15, -0.1) is 0 Å². The number of esters is 1. The first-order valence-electron chi connectivity index (χ1n) is 9.45. The molecule has 0 aromatic heterocycles. The highest BCUT2D eigenvalue weighted by Gasteiger charge is 2.52. The third-order valence-corrected chi connectivity index (χ3v) is 6.63. The van der Waals surface area contributed by atoms with Gasteiger partial charge in [0.1, 0.15) is 5.75 Å². The van der Waals surface area contributed by atoms with Crippen molar-refractivity contribution in [2.24, 2.45) is 23.2 Å². The molecule has 1 N–H and O–H groups in total. The minimum Gasteiger partial charge on any atom is -0.497 e. The van der Waals surface area contributed by atoms with Crippen molar-refractivity contribution in [1.29, 1.82) is 0 Å². The van der Waals surface area contributed by atoms with Crippen molar-refractivity contribution in [3.63, 3.8) is 0 Å². The molecule has 1 aromatic carbocycles. The largest absolute Gasteiger partial charge is 0.497 e. The highest BCUT2D eigenvalue weighted by molar-refractivity contribution is 5.89. The van der Waals surface area contributed by atoms with Crippen LogP contribution in [-0.4, -0.2) is 30.9 Å². The molecule has 0 amide bonds. The Labute approximate surface area is 150 Å². The summed E-state index contributed by atoms with van der Waals surface area (Å²) in [5, 5.41) is 10.4. The zero-order valence-electron chi connectivity index (χ0n) is 15.5. The van der Waals surface area contributed by atoms with Crippen LogP contribution in [0.3, 0.4) is 0 Å². The van der Waals surface area contributed by atoms with Crippen LogP contribution < -0.4 is 4.74 Å². The Hall–Kier alpha value is -1.55. The van der Waals surface area contributed by atoms with Crippen molar-refractivity contribution < 1.29 is 19.4 Å². The molecule has 2 aliphatic rings. The van der Waals surface area contributed by atoms with Crippen LogP contribution in [0, 0.1) is 23.2 Å². The third-order valence-electron chi connectivity index (χ3n) is 6.63. The highest BCUT2D eigenvalue weighted by Crippen LogP contribution is 2.57. The number of aliphatic hydroxyl groups is 1. The average Bonchev–Trinajstić information content (AvgIpc) is 2.98. The van der Waals surface area contributed by atoms with Gasteiger partial charge in [0.15, 0.2) is 0 Å². The van der Waals surface area contributed by atoms with Gasteiger partial charge in [-0.2, -0.15) is 0 Å². The maximum Gasteiger partial charge on any atom is 0.338 e. The van der Waals surface area contributed by atoms with Crippen LogP contribution in [0.2, 0.25) is 0 Å². The van der Waals surface area contributed by atoms with Crippen molar-refractivity contribution in [1.82, 2.24) is 0 Å². The summed E-state index contributed by atoms with van der Waals surface area (Å²) < 4.78 is 10.8. The van der Waals surface area contributed by atoms with Crippen molar-refractivity contribution in [2.45, 2.75) is 52.1 Å². The highest BCUT2D eigenvalue weighted by atomic mass is 16.5. The number of fused-ring (bicyclic) bond motifs is 1. The molecular weight excluding hydrogens is 316 g/mol. The van der Waals surface area contributed by atoms with E-state index in [1.54, 1.807) is 25.3 Å². The fraction of sp³-hybridized carbons (Fsp3) is 0.667. The van der Waals surface area contributed by atoms with Crippen molar-refractivity contribution in [2.75, 3.05) is 13.7 Å². The standard InChI is InChI=1S/C21H30O4/c1-14(13-25-20(23)15-6-4-7-16(12-15)24-3)17-9-10-18-19(22)8-5-11-21(17,18)2/h4,6-7,12,14,17-19,22H,5,8-11,13H2,1-3H3/t14-,17-,18+,19+,21-/m1/s1. The predicted octanol–water partition coefficient (Wildman–Crippen LogP) is 4.07. The first-order chi connectivity index (χ1) is 12.0. The summed E-state index contributed by atoms with van der Waals surface area (Å²) in [5.41, 5.74) is 0.703. The van der Waals surface area contributed by atoms with Crippen LogP contribution in [0.5, 0.6) is 5.75 Å². The maximum absolute atomic E-state index is 12.3. The molecule has 0 bridgehead atoms. The number of carbonyl (C=O) groups is 1. The maximum atomic E-state index is 12.3. The monoisotopic (exact) mass is 346 g/mol. The van der Waals surface area contributed by atoms with Crippen LogP contribution >= 0.6 is 0 Å². The van der Waals surface area contributed by atoms with Crippen LogP contribution in [0.25, 0.3) is 0 Å². The van der Waals surface area contributed by atoms with Crippen LogP contribution in [0.15, 0.2) is 24.3 Å². The molecule has 0 heterocycles. The molecule has 0 saturated heterocycles. The van der Waals surface area contributed by atoms with E-state index in [1.807, 2.05) is 6.07 Å². The quantitative estimate of drug-likeness (QED) is 0.817. The van der Waals surface area contributed by atoms with E-state index < -0.39 is 0 Å². The van der Waals surface area contributed by atoms with E-state index in [9.17, 15) is 9.90 Å². The molecule has 0 spiro atoms. The molecule has 2 saturated carbocycles. The molecule has 2 fully saturated rings. The van der Waals surface area contributed by atoms with Gasteiger partial charge in [-0.05, 0) is 67.1 Å². The second-order valence-corrected chi connectivity index (χ2v) is 8.06. The van der Waals surface area contributed by atoms with Crippen molar-refractivity contribution >= 4 is 5.97 Å². The van der Waals surface area contributed by atoms with Gasteiger partial charge in [-0.25, -0.2) is 4.79 Å². The zero-order valence-corrected chi connectivity index (χ0v) is 15.5. The number of ether oxygens (including phenoxy) is 2. The molecule has 0 radical (unpaired) electrons.